The summed E-state index contributed by atoms with van der Waals surface area (Å²) in [6.07, 6.45) is 1.17. The zero-order valence-electron chi connectivity index (χ0n) is 10.4. The predicted octanol–water partition coefficient (Wildman–Crippen LogP) is -1.47. The lowest BCUT2D eigenvalue weighted by atomic mass is 9.80. The molecule has 0 amide bonds. The Morgan fingerprint density at radius 3 is 3.00 bits per heavy atom. The number of hydrogen-bond donors (Lipinski definition) is 2. The lowest BCUT2D eigenvalue weighted by Crippen LogP contribution is -2.34. The fraction of sp³-hybridized carbons (Fsp3) is 0.286. The van der Waals surface area contributed by atoms with Gasteiger partial charge in [-0.2, -0.15) is 0 Å². The van der Waals surface area contributed by atoms with E-state index < -0.39 is 20.2 Å². The molecule has 0 aliphatic carbocycles. The minimum absolute atomic E-state index is 0.144. The van der Waals surface area contributed by atoms with Gasteiger partial charge >= 0.3 is 7.12 Å². The van der Waals surface area contributed by atoms with Crippen LogP contribution in [0.3, 0.4) is 0 Å². The van der Waals surface area contributed by atoms with E-state index in [1.54, 1.807) is 0 Å². The van der Waals surface area contributed by atoms with E-state index in [1.165, 1.54) is 12.3 Å². The van der Waals surface area contributed by atoms with Gasteiger partial charge in [-0.05, 0) is 6.07 Å². The topological polar surface area (TPSA) is 71.8 Å². The van der Waals surface area contributed by atoms with Crippen molar-refractivity contribution in [3.63, 3.8) is 0 Å². The first-order chi connectivity index (χ1) is 7.74. The largest absolute Gasteiger partial charge is 0.492 e. The number of pyridine rings is 1. The smallest absolute Gasteiger partial charge is 0.485 e. The van der Waals surface area contributed by atoms with Crippen molar-refractivity contribution in [1.29, 1.82) is 0 Å². The average Bonchev–Trinajstić information content (AvgIpc) is 2.17. The number of hydrogen-bond acceptors (Lipinski definition) is 5. The second kappa shape index (κ2) is 3.23. The summed E-state index contributed by atoms with van der Waals surface area (Å²) in [6, 6.07) is 1.21. The minimum Gasteiger partial charge on any atom is -0.485 e. The number of rotatable bonds is 1. The summed E-state index contributed by atoms with van der Waals surface area (Å²) in [7, 11) is -1.89. The molecule has 68 valence electrons. The summed E-state index contributed by atoms with van der Waals surface area (Å²) in [6.45, 7) is -5.47. The Morgan fingerprint density at radius 2 is 2.23 bits per heavy atom. The van der Waals surface area contributed by atoms with Crippen LogP contribution >= 0.6 is 0 Å². The van der Waals surface area contributed by atoms with Crippen molar-refractivity contribution in [2.45, 2.75) is 0 Å². The van der Waals surface area contributed by atoms with Crippen LogP contribution in [-0.4, -0.2) is 35.3 Å². The molecular weight excluding hydrogens is 173 g/mol. The van der Waals surface area contributed by atoms with Crippen molar-refractivity contribution in [3.05, 3.63) is 12.3 Å². The molecule has 0 saturated heterocycles. The highest BCUT2D eigenvalue weighted by molar-refractivity contribution is 6.59. The maximum absolute atomic E-state index is 9.06. The molecule has 2 N–H and O–H groups in total. The molecule has 6 heteroatoms. The van der Waals surface area contributed by atoms with Crippen molar-refractivity contribution < 1.29 is 25.0 Å². The van der Waals surface area contributed by atoms with Gasteiger partial charge in [-0.3, -0.25) is 0 Å². The van der Waals surface area contributed by atoms with E-state index in [-0.39, 0.29) is 17.1 Å². The molecule has 1 aliphatic heterocycles. The molecule has 13 heavy (non-hydrogen) atoms. The number of ether oxygens (including phenoxy) is 2. The number of nitrogens with zero attached hydrogens (tertiary/aromatic N) is 1. The van der Waals surface area contributed by atoms with E-state index in [1.807, 2.05) is 0 Å². The molecule has 0 aromatic carbocycles. The Labute approximate surface area is 80.7 Å². The van der Waals surface area contributed by atoms with Crippen molar-refractivity contribution in [2.75, 3.05) is 13.1 Å². The normalized spacial score (nSPS) is 26.3. The van der Waals surface area contributed by atoms with Gasteiger partial charge in [-0.15, -0.1) is 0 Å². The van der Waals surface area contributed by atoms with E-state index in [2.05, 4.69) is 4.98 Å². The SMILES string of the molecule is [2H]C1([2H])Oc2nccc(B(O)O)c2OC1([2H])[2H]. The number of fused-ring (bicyclic) bond motifs is 1. The molecule has 0 radical (unpaired) electrons. The third-order valence-electron chi connectivity index (χ3n) is 1.52. The molecule has 5 nitrogen and oxygen atoms in total. The first-order valence-electron chi connectivity index (χ1n) is 5.48. The Balaban J connectivity index is 2.53. The average molecular weight is 185 g/mol. The molecule has 0 spiro atoms. The van der Waals surface area contributed by atoms with Gasteiger partial charge in [0, 0.05) is 11.7 Å². The molecule has 0 unspecified atom stereocenters. The summed E-state index contributed by atoms with van der Waals surface area (Å²) in [5, 5.41) is 18.1. The van der Waals surface area contributed by atoms with Crippen LogP contribution in [0.2, 0.25) is 0 Å². The van der Waals surface area contributed by atoms with Crippen molar-refractivity contribution in [2.24, 2.45) is 0 Å². The lowest BCUT2D eigenvalue weighted by molar-refractivity contribution is 0.165. The van der Waals surface area contributed by atoms with Crippen LogP contribution in [0.5, 0.6) is 11.6 Å². The quantitative estimate of drug-likeness (QED) is 0.522. The molecule has 0 saturated carbocycles. The highest BCUT2D eigenvalue weighted by atomic mass is 16.6. The minimum atomic E-state index is -2.76. The maximum Gasteiger partial charge on any atom is 0.492 e. The van der Waals surface area contributed by atoms with Crippen LogP contribution < -0.4 is 14.9 Å². The Bertz CT molecular complexity index is 455. The fourth-order valence-electron chi connectivity index (χ4n) is 0.963. The van der Waals surface area contributed by atoms with E-state index in [4.69, 9.17) is 25.0 Å². The maximum atomic E-state index is 9.06. The van der Waals surface area contributed by atoms with E-state index in [0.717, 1.165) is 0 Å². The van der Waals surface area contributed by atoms with Gasteiger partial charge in [0.15, 0.2) is 5.75 Å². The van der Waals surface area contributed by atoms with Crippen molar-refractivity contribution in [1.82, 2.24) is 4.98 Å². The van der Waals surface area contributed by atoms with Gasteiger partial charge in [0.05, 0.1) is 5.48 Å². The summed E-state index contributed by atoms with van der Waals surface area (Å²) in [5.74, 6) is -0.640. The lowest BCUT2D eigenvalue weighted by Gasteiger charge is -2.19. The van der Waals surface area contributed by atoms with Crippen LogP contribution in [0.15, 0.2) is 12.3 Å². The Kier molecular flexibility index (Phi) is 1.20. The summed E-state index contributed by atoms with van der Waals surface area (Å²) in [5.41, 5.74) is -0.144. The fourth-order valence-corrected chi connectivity index (χ4v) is 0.963. The molecule has 0 fully saturated rings. The zero-order valence-corrected chi connectivity index (χ0v) is 6.39. The summed E-state index contributed by atoms with van der Waals surface area (Å²) >= 11 is 0. The highest BCUT2D eigenvalue weighted by Crippen LogP contribution is 2.24. The van der Waals surface area contributed by atoms with Gasteiger partial charge in [-0.25, -0.2) is 4.98 Å². The van der Waals surface area contributed by atoms with Crippen molar-refractivity contribution in [3.8, 4) is 11.6 Å². The molecule has 0 atom stereocenters. The van der Waals surface area contributed by atoms with Crippen LogP contribution in [-0.2, 0) is 0 Å². The van der Waals surface area contributed by atoms with Crippen molar-refractivity contribution >= 4 is 12.6 Å². The van der Waals surface area contributed by atoms with E-state index in [0.29, 0.717) is 0 Å². The third-order valence-corrected chi connectivity index (χ3v) is 1.52. The van der Waals surface area contributed by atoms with Gasteiger partial charge in [-0.1, -0.05) is 0 Å². The first-order valence-corrected chi connectivity index (χ1v) is 3.48. The van der Waals surface area contributed by atoms with Gasteiger partial charge in [0.1, 0.15) is 13.1 Å². The molecule has 1 aliphatic rings. The third kappa shape index (κ3) is 1.45. The molecular formula is C7H8BNO4. The van der Waals surface area contributed by atoms with Gasteiger partial charge in [0.25, 0.3) is 5.88 Å². The van der Waals surface area contributed by atoms with Crippen LogP contribution in [0.4, 0.5) is 0 Å². The number of aromatic nitrogens is 1. The van der Waals surface area contributed by atoms with Crippen LogP contribution in [0.25, 0.3) is 0 Å². The molecule has 1 aromatic rings. The van der Waals surface area contributed by atoms with E-state index in [9.17, 15) is 0 Å². The van der Waals surface area contributed by atoms with Gasteiger partial charge in [0.2, 0.25) is 0 Å². The molecule has 2 rings (SSSR count). The Hall–Kier alpha value is -1.27. The van der Waals surface area contributed by atoms with Crippen LogP contribution in [0.1, 0.15) is 5.48 Å². The summed E-state index contributed by atoms with van der Waals surface area (Å²) < 4.78 is 38.8. The second-order valence-corrected chi connectivity index (χ2v) is 2.32. The second-order valence-electron chi connectivity index (χ2n) is 2.32. The monoisotopic (exact) mass is 185 g/mol. The molecule has 0 bridgehead atoms. The predicted molar refractivity (Wildman–Crippen MR) is 45.1 cm³/mol. The Morgan fingerprint density at radius 1 is 1.46 bits per heavy atom. The standard InChI is InChI=1S/C7H8BNO4/c10-8(11)5-1-2-9-7-6(5)12-3-4-13-7/h1-2,10-11H,3-4H2/i3D2,4D2. The highest BCUT2D eigenvalue weighted by Gasteiger charge is 2.23. The van der Waals surface area contributed by atoms with Crippen LogP contribution in [0, 0.1) is 0 Å². The van der Waals surface area contributed by atoms with Gasteiger partial charge < -0.3 is 19.5 Å². The molecule has 1 aromatic heterocycles. The van der Waals surface area contributed by atoms with E-state index >= 15 is 0 Å². The summed E-state index contributed by atoms with van der Waals surface area (Å²) in [4.78, 5) is 3.65. The molecule has 2 heterocycles. The first kappa shape index (κ1) is 4.83. The zero-order chi connectivity index (χ0) is 12.8.